The number of hydrogen-bond acceptors (Lipinski definition) is 3. The quantitative estimate of drug-likeness (QED) is 0.566. The van der Waals surface area contributed by atoms with E-state index in [-0.39, 0.29) is 5.56 Å². The van der Waals surface area contributed by atoms with E-state index in [1.54, 1.807) is 15.6 Å². The summed E-state index contributed by atoms with van der Waals surface area (Å²) in [5, 5.41) is 6.04. The molecule has 25 heavy (non-hydrogen) atoms. The fourth-order valence-corrected chi connectivity index (χ4v) is 3.59. The highest BCUT2D eigenvalue weighted by molar-refractivity contribution is 6.03. The summed E-state index contributed by atoms with van der Waals surface area (Å²) < 4.78 is 5.48. The van der Waals surface area contributed by atoms with Gasteiger partial charge in [0.1, 0.15) is 0 Å². The van der Waals surface area contributed by atoms with Crippen LogP contribution in [0.5, 0.6) is 0 Å². The average Bonchev–Trinajstić information content (AvgIpc) is 2.99. The summed E-state index contributed by atoms with van der Waals surface area (Å²) in [6, 6.07) is 6.33. The van der Waals surface area contributed by atoms with Crippen LogP contribution >= 0.6 is 0 Å². The smallest absolute Gasteiger partial charge is 0.276 e. The van der Waals surface area contributed by atoms with E-state index in [0.717, 1.165) is 27.8 Å². The van der Waals surface area contributed by atoms with Crippen LogP contribution in [-0.2, 0) is 20.6 Å². The molecule has 4 rings (SSSR count). The minimum atomic E-state index is -0.0175. The molecule has 0 spiro atoms. The molecular formula is C19H21N5O. The lowest BCUT2D eigenvalue weighted by Gasteiger charge is -2.11. The van der Waals surface area contributed by atoms with Crippen molar-refractivity contribution >= 4 is 21.9 Å². The van der Waals surface area contributed by atoms with Gasteiger partial charge in [-0.2, -0.15) is 5.10 Å². The molecular weight excluding hydrogens is 314 g/mol. The molecule has 0 aliphatic carbocycles. The van der Waals surface area contributed by atoms with Crippen molar-refractivity contribution in [3.63, 3.8) is 0 Å². The number of hydrogen-bond donors (Lipinski definition) is 0. The molecule has 128 valence electrons. The lowest BCUT2D eigenvalue weighted by atomic mass is 10.1. The second-order valence-electron chi connectivity index (χ2n) is 6.74. The van der Waals surface area contributed by atoms with E-state index in [1.165, 1.54) is 11.1 Å². The Hall–Kier alpha value is -2.89. The van der Waals surface area contributed by atoms with Crippen molar-refractivity contribution in [2.45, 2.75) is 27.3 Å². The van der Waals surface area contributed by atoms with Gasteiger partial charge in [-0.15, -0.1) is 0 Å². The number of fused-ring (bicyclic) bond motifs is 3. The molecule has 0 atom stereocenters. The zero-order valence-electron chi connectivity index (χ0n) is 15.2. The number of benzene rings is 1. The highest BCUT2D eigenvalue weighted by Crippen LogP contribution is 2.24. The summed E-state index contributed by atoms with van der Waals surface area (Å²) >= 11 is 0. The standard InChI is InChI=1S/C19H21N5O/c1-11-6-7-12(2)14(8-11)10-24-19(25)15-9-20-18-16(17(15)23(24)5)13(3)21-22(18)4/h6-9H,10H2,1-5H3. The van der Waals surface area contributed by atoms with E-state index >= 15 is 0 Å². The first kappa shape index (κ1) is 15.6. The number of pyridine rings is 1. The molecule has 0 saturated heterocycles. The first-order valence-electron chi connectivity index (χ1n) is 8.32. The van der Waals surface area contributed by atoms with E-state index in [0.29, 0.717) is 11.9 Å². The Morgan fingerprint density at radius 3 is 2.64 bits per heavy atom. The predicted octanol–water partition coefficient (Wildman–Crippen LogP) is 2.60. The number of aromatic nitrogens is 5. The maximum Gasteiger partial charge on any atom is 0.276 e. The number of nitrogens with zero attached hydrogens (tertiary/aromatic N) is 5. The van der Waals surface area contributed by atoms with E-state index in [2.05, 4.69) is 42.1 Å². The molecule has 0 amide bonds. The average molecular weight is 335 g/mol. The van der Waals surface area contributed by atoms with E-state index < -0.39 is 0 Å². The van der Waals surface area contributed by atoms with Gasteiger partial charge in [0.05, 0.1) is 28.5 Å². The van der Waals surface area contributed by atoms with Crippen LogP contribution in [0.3, 0.4) is 0 Å². The Labute approximate surface area is 145 Å². The van der Waals surface area contributed by atoms with Crippen molar-refractivity contribution in [1.82, 2.24) is 24.1 Å². The van der Waals surface area contributed by atoms with Crippen LogP contribution in [0.4, 0.5) is 0 Å². The second kappa shape index (κ2) is 5.31. The minimum absolute atomic E-state index is 0.0175. The molecule has 0 aliphatic heterocycles. The van der Waals surface area contributed by atoms with Crippen molar-refractivity contribution in [1.29, 1.82) is 0 Å². The molecule has 6 nitrogen and oxygen atoms in total. The van der Waals surface area contributed by atoms with Gasteiger partial charge in [0, 0.05) is 20.3 Å². The van der Waals surface area contributed by atoms with Crippen LogP contribution in [0.25, 0.3) is 21.9 Å². The van der Waals surface area contributed by atoms with Crippen LogP contribution in [0.15, 0.2) is 29.2 Å². The van der Waals surface area contributed by atoms with E-state index in [9.17, 15) is 4.79 Å². The van der Waals surface area contributed by atoms with Gasteiger partial charge in [0.25, 0.3) is 5.56 Å². The molecule has 0 N–H and O–H groups in total. The Kier molecular flexibility index (Phi) is 3.32. The van der Waals surface area contributed by atoms with Crippen molar-refractivity contribution in [3.05, 3.63) is 57.1 Å². The lowest BCUT2D eigenvalue weighted by Crippen LogP contribution is -2.22. The third-order valence-electron chi connectivity index (χ3n) is 4.98. The molecule has 3 aromatic heterocycles. The third kappa shape index (κ3) is 2.21. The fourth-order valence-electron chi connectivity index (χ4n) is 3.59. The Morgan fingerprint density at radius 1 is 1.12 bits per heavy atom. The van der Waals surface area contributed by atoms with Gasteiger partial charge >= 0.3 is 0 Å². The molecule has 0 fully saturated rings. The summed E-state index contributed by atoms with van der Waals surface area (Å²) in [6.45, 7) is 6.64. The van der Waals surface area contributed by atoms with Crippen LogP contribution in [0.2, 0.25) is 0 Å². The van der Waals surface area contributed by atoms with Crippen molar-refractivity contribution in [2.24, 2.45) is 14.1 Å². The summed E-state index contributed by atoms with van der Waals surface area (Å²) in [6.07, 6.45) is 1.67. The highest BCUT2D eigenvalue weighted by atomic mass is 16.1. The molecule has 0 unspecified atom stereocenters. The van der Waals surface area contributed by atoms with Gasteiger partial charge in [-0.1, -0.05) is 23.8 Å². The van der Waals surface area contributed by atoms with Gasteiger partial charge < -0.3 is 0 Å². The molecule has 0 radical (unpaired) electrons. The largest absolute Gasteiger partial charge is 0.284 e. The Balaban J connectivity index is 2.01. The lowest BCUT2D eigenvalue weighted by molar-refractivity contribution is 0.548. The van der Waals surface area contributed by atoms with Gasteiger partial charge in [-0.05, 0) is 31.9 Å². The normalized spacial score (nSPS) is 11.7. The molecule has 4 aromatic rings. The van der Waals surface area contributed by atoms with E-state index in [1.807, 2.05) is 25.7 Å². The van der Waals surface area contributed by atoms with E-state index in [4.69, 9.17) is 0 Å². The molecule has 6 heteroatoms. The van der Waals surface area contributed by atoms with Crippen molar-refractivity contribution < 1.29 is 0 Å². The number of rotatable bonds is 2. The monoisotopic (exact) mass is 335 g/mol. The first-order valence-corrected chi connectivity index (χ1v) is 8.32. The molecule has 3 heterocycles. The minimum Gasteiger partial charge on any atom is -0.284 e. The summed E-state index contributed by atoms with van der Waals surface area (Å²) in [5.74, 6) is 0. The van der Waals surface area contributed by atoms with Crippen molar-refractivity contribution in [2.75, 3.05) is 0 Å². The second-order valence-corrected chi connectivity index (χ2v) is 6.74. The van der Waals surface area contributed by atoms with Crippen LogP contribution < -0.4 is 5.56 Å². The molecule has 1 aromatic carbocycles. The molecule has 0 bridgehead atoms. The summed E-state index contributed by atoms with van der Waals surface area (Å²) in [7, 11) is 3.81. The maximum absolute atomic E-state index is 13.0. The first-order chi connectivity index (χ1) is 11.9. The fraction of sp³-hybridized carbons (Fsp3) is 0.316. The van der Waals surface area contributed by atoms with Gasteiger partial charge in [0.15, 0.2) is 5.65 Å². The zero-order chi connectivity index (χ0) is 17.9. The van der Waals surface area contributed by atoms with Gasteiger partial charge in [-0.3, -0.25) is 14.2 Å². The summed E-state index contributed by atoms with van der Waals surface area (Å²) in [5.41, 5.74) is 6.09. The zero-order valence-corrected chi connectivity index (χ0v) is 15.2. The van der Waals surface area contributed by atoms with Gasteiger partial charge in [-0.25, -0.2) is 9.67 Å². The van der Waals surface area contributed by atoms with Crippen LogP contribution in [-0.4, -0.2) is 24.1 Å². The predicted molar refractivity (Wildman–Crippen MR) is 99.0 cm³/mol. The number of aryl methyl sites for hydroxylation is 5. The highest BCUT2D eigenvalue weighted by Gasteiger charge is 2.19. The third-order valence-corrected chi connectivity index (χ3v) is 4.98. The Bertz CT molecular complexity index is 1190. The molecule has 0 aliphatic rings. The SMILES string of the molecule is Cc1ccc(C)c(Cn2c(=O)c3cnc4c(c(C)nn4C)c3n2C)c1. The maximum atomic E-state index is 13.0. The topological polar surface area (TPSA) is 57.6 Å². The van der Waals surface area contributed by atoms with Crippen molar-refractivity contribution in [3.8, 4) is 0 Å². The Morgan fingerprint density at radius 2 is 1.88 bits per heavy atom. The molecule has 0 saturated carbocycles. The van der Waals surface area contributed by atoms with Gasteiger partial charge in [0.2, 0.25) is 0 Å². The summed E-state index contributed by atoms with van der Waals surface area (Å²) in [4.78, 5) is 17.4. The van der Waals surface area contributed by atoms with Crippen LogP contribution in [0.1, 0.15) is 22.4 Å². The van der Waals surface area contributed by atoms with Crippen LogP contribution in [0, 0.1) is 20.8 Å².